The molecule has 282 valence electrons. The maximum absolute atomic E-state index is 14.0. The summed E-state index contributed by atoms with van der Waals surface area (Å²) < 4.78 is 11.8. The van der Waals surface area contributed by atoms with E-state index in [-0.39, 0.29) is 54.6 Å². The standard InChI is InChI=1S/C38H63N5O7/c1-11-15-26(13-3)35(46)25(6)40-37(47)24(5)36(50-10)29-16-14-19-43(29)31(44)21-30(49-9)33(23(4)12-2)42(8)32(45)22-39-38(48)34-27-17-18-28(20-27)41(34)7/h11,13,15,23-25,27-30,33-36,46H,1,3,12,14,16-22H2,2,4-10H3,(H,39,48)(H,40,47)/b26-15+. The zero-order chi connectivity index (χ0) is 37.3. The van der Waals surface area contributed by atoms with Gasteiger partial charge in [-0.3, -0.25) is 24.1 Å². The molecule has 4 amide bonds. The van der Waals surface area contributed by atoms with Crippen molar-refractivity contribution < 1.29 is 33.8 Å². The third kappa shape index (κ3) is 9.43. The number of ether oxygens (including phenoxy) is 2. The predicted octanol–water partition coefficient (Wildman–Crippen LogP) is 2.67. The monoisotopic (exact) mass is 701 g/mol. The number of aliphatic hydroxyl groups excluding tert-OH is 1. The molecule has 3 aliphatic rings. The molecule has 11 atom stereocenters. The Morgan fingerprint density at radius 1 is 1.08 bits per heavy atom. The Labute approximate surface area is 299 Å². The van der Waals surface area contributed by atoms with Gasteiger partial charge in [-0.15, -0.1) is 0 Å². The van der Waals surface area contributed by atoms with Crippen LogP contribution >= 0.6 is 0 Å². The maximum Gasteiger partial charge on any atom is 0.242 e. The van der Waals surface area contributed by atoms with Gasteiger partial charge in [-0.1, -0.05) is 58.6 Å². The van der Waals surface area contributed by atoms with Crippen molar-refractivity contribution in [2.75, 3.05) is 41.4 Å². The quantitative estimate of drug-likeness (QED) is 0.175. The largest absolute Gasteiger partial charge is 0.386 e. The first kappa shape index (κ1) is 41.4. The highest BCUT2D eigenvalue weighted by Gasteiger charge is 2.47. The number of likely N-dealkylation sites (tertiary alicyclic amines) is 2. The molecule has 1 saturated carbocycles. The number of carbonyl (C=O) groups is 4. The van der Waals surface area contributed by atoms with Crippen LogP contribution in [0.3, 0.4) is 0 Å². The normalized spacial score (nSPS) is 26.3. The number of fused-ring (bicyclic) bond motifs is 2. The number of aliphatic hydroxyl groups is 1. The van der Waals surface area contributed by atoms with Crippen molar-refractivity contribution in [1.82, 2.24) is 25.3 Å². The van der Waals surface area contributed by atoms with Crippen LogP contribution in [-0.4, -0.2) is 133 Å². The van der Waals surface area contributed by atoms with Gasteiger partial charge in [0.05, 0.1) is 61.4 Å². The van der Waals surface area contributed by atoms with Gasteiger partial charge in [0, 0.05) is 33.9 Å². The van der Waals surface area contributed by atoms with Gasteiger partial charge in [-0.25, -0.2) is 0 Å². The van der Waals surface area contributed by atoms with Crippen LogP contribution < -0.4 is 10.6 Å². The van der Waals surface area contributed by atoms with Gasteiger partial charge in [-0.05, 0) is 63.5 Å². The lowest BCUT2D eigenvalue weighted by Gasteiger charge is -2.39. The maximum atomic E-state index is 14.0. The lowest BCUT2D eigenvalue weighted by molar-refractivity contribution is -0.146. The molecule has 3 N–H and O–H groups in total. The van der Waals surface area contributed by atoms with E-state index in [0.29, 0.717) is 30.5 Å². The molecule has 0 aromatic carbocycles. The Kier molecular flexibility index (Phi) is 15.7. The van der Waals surface area contributed by atoms with Crippen molar-refractivity contribution in [3.63, 3.8) is 0 Å². The molecule has 50 heavy (non-hydrogen) atoms. The van der Waals surface area contributed by atoms with E-state index in [1.165, 1.54) is 6.08 Å². The summed E-state index contributed by atoms with van der Waals surface area (Å²) in [5.41, 5.74) is 0.542. The number of carbonyl (C=O) groups excluding carboxylic acids is 4. The van der Waals surface area contributed by atoms with Gasteiger partial charge < -0.3 is 35.0 Å². The van der Waals surface area contributed by atoms with E-state index in [1.807, 2.05) is 20.9 Å². The Balaban J connectivity index is 1.67. The minimum absolute atomic E-state index is 0.0131. The molecule has 0 spiro atoms. The zero-order valence-electron chi connectivity index (χ0n) is 31.6. The van der Waals surface area contributed by atoms with Crippen LogP contribution in [-0.2, 0) is 28.7 Å². The number of amides is 4. The molecule has 2 aliphatic heterocycles. The third-order valence-corrected chi connectivity index (χ3v) is 11.6. The topological polar surface area (TPSA) is 141 Å². The average molecular weight is 702 g/mol. The molecule has 1 aliphatic carbocycles. The number of hydrogen-bond acceptors (Lipinski definition) is 8. The Morgan fingerprint density at radius 3 is 2.34 bits per heavy atom. The highest BCUT2D eigenvalue weighted by Crippen LogP contribution is 2.41. The fourth-order valence-corrected chi connectivity index (χ4v) is 8.47. The van der Waals surface area contributed by atoms with Crippen molar-refractivity contribution in [2.24, 2.45) is 17.8 Å². The van der Waals surface area contributed by atoms with Crippen molar-refractivity contribution in [1.29, 1.82) is 0 Å². The van der Waals surface area contributed by atoms with E-state index in [2.05, 4.69) is 28.7 Å². The summed E-state index contributed by atoms with van der Waals surface area (Å²) in [7, 11) is 6.81. The van der Waals surface area contributed by atoms with E-state index in [1.54, 1.807) is 57.1 Å². The molecule has 0 aromatic heterocycles. The van der Waals surface area contributed by atoms with Crippen molar-refractivity contribution in [2.45, 2.75) is 121 Å². The van der Waals surface area contributed by atoms with Gasteiger partial charge in [0.2, 0.25) is 23.6 Å². The number of piperidine rings is 1. The molecule has 3 rings (SSSR count). The molecule has 0 radical (unpaired) electrons. The fraction of sp³-hybridized carbons (Fsp3) is 0.737. The minimum atomic E-state index is -0.970. The molecule has 12 nitrogen and oxygen atoms in total. The first-order chi connectivity index (χ1) is 23.7. The second kappa shape index (κ2) is 19.0. The van der Waals surface area contributed by atoms with Gasteiger partial charge in [0.15, 0.2) is 0 Å². The van der Waals surface area contributed by atoms with E-state index in [0.717, 1.165) is 32.1 Å². The van der Waals surface area contributed by atoms with Crippen LogP contribution in [0.15, 0.2) is 37.0 Å². The van der Waals surface area contributed by atoms with Gasteiger partial charge >= 0.3 is 0 Å². The van der Waals surface area contributed by atoms with Gasteiger partial charge in [0.1, 0.15) is 0 Å². The third-order valence-electron chi connectivity index (χ3n) is 11.6. The first-order valence-corrected chi connectivity index (χ1v) is 18.3. The highest BCUT2D eigenvalue weighted by atomic mass is 16.5. The summed E-state index contributed by atoms with van der Waals surface area (Å²) in [6.45, 7) is 15.4. The van der Waals surface area contributed by atoms with Crippen molar-refractivity contribution in [3.05, 3.63) is 37.0 Å². The molecule has 2 bridgehead atoms. The zero-order valence-corrected chi connectivity index (χ0v) is 31.6. The van der Waals surface area contributed by atoms with Crippen molar-refractivity contribution in [3.8, 4) is 0 Å². The second-order valence-electron chi connectivity index (χ2n) is 14.5. The number of nitrogens with zero attached hydrogens (tertiary/aromatic N) is 3. The van der Waals surface area contributed by atoms with Gasteiger partial charge in [0.25, 0.3) is 0 Å². The molecule has 2 saturated heterocycles. The van der Waals surface area contributed by atoms with Crippen LogP contribution in [0.5, 0.6) is 0 Å². The summed E-state index contributed by atoms with van der Waals surface area (Å²) in [6.07, 6.45) is 8.02. The van der Waals surface area contributed by atoms with Crippen molar-refractivity contribution >= 4 is 23.6 Å². The number of allylic oxidation sites excluding steroid dienone is 2. The molecule has 3 fully saturated rings. The minimum Gasteiger partial charge on any atom is -0.386 e. The van der Waals surface area contributed by atoms with Crippen LogP contribution in [0.2, 0.25) is 0 Å². The second-order valence-corrected chi connectivity index (χ2v) is 14.5. The number of rotatable bonds is 19. The number of methoxy groups -OCH3 is 2. The van der Waals surface area contributed by atoms with E-state index in [4.69, 9.17) is 9.47 Å². The smallest absolute Gasteiger partial charge is 0.242 e. The van der Waals surface area contributed by atoms with Crippen LogP contribution in [0.25, 0.3) is 0 Å². The number of likely N-dealkylation sites (N-methyl/N-ethyl adjacent to an activating group) is 2. The predicted molar refractivity (Wildman–Crippen MR) is 194 cm³/mol. The molecule has 11 unspecified atom stereocenters. The Bertz CT molecular complexity index is 1240. The lowest BCUT2D eigenvalue weighted by atomic mass is 9.90. The fourth-order valence-electron chi connectivity index (χ4n) is 8.47. The van der Waals surface area contributed by atoms with Crippen LogP contribution in [0, 0.1) is 17.8 Å². The van der Waals surface area contributed by atoms with Gasteiger partial charge in [-0.2, -0.15) is 0 Å². The molecule has 12 heteroatoms. The number of nitrogens with one attached hydrogen (secondary N) is 2. The van der Waals surface area contributed by atoms with Crippen LogP contribution in [0.1, 0.15) is 72.6 Å². The average Bonchev–Trinajstić information content (AvgIpc) is 3.86. The first-order valence-electron chi connectivity index (χ1n) is 18.3. The summed E-state index contributed by atoms with van der Waals surface area (Å²) in [6, 6.07) is -1.09. The van der Waals surface area contributed by atoms with E-state index >= 15 is 0 Å². The summed E-state index contributed by atoms with van der Waals surface area (Å²) in [5, 5.41) is 16.5. The SMILES string of the molecule is C=C/C=C(\C=C)C(O)C(C)NC(=O)C(C)C(OC)C1CCCN1C(=O)CC(OC)C(C(C)CC)N(C)C(=O)CNC(=O)C1C2CCC(C2)N1C. The summed E-state index contributed by atoms with van der Waals surface area (Å²) in [5.74, 6) is -1.03. The number of hydrogen-bond donors (Lipinski definition) is 3. The van der Waals surface area contributed by atoms with E-state index in [9.17, 15) is 24.3 Å². The molecule has 0 aromatic rings. The molecular weight excluding hydrogens is 638 g/mol. The molecule has 2 heterocycles. The summed E-state index contributed by atoms with van der Waals surface area (Å²) in [4.78, 5) is 59.6. The highest BCUT2D eigenvalue weighted by molar-refractivity contribution is 5.88. The molecular formula is C38H63N5O7. The lowest BCUT2D eigenvalue weighted by Crippen LogP contribution is -2.55. The van der Waals surface area contributed by atoms with E-state index < -0.39 is 36.3 Å². The Morgan fingerprint density at radius 2 is 1.78 bits per heavy atom. The van der Waals surface area contributed by atoms with Crippen LogP contribution in [0.4, 0.5) is 0 Å². The Hall–Kier alpha value is -3.06. The summed E-state index contributed by atoms with van der Waals surface area (Å²) >= 11 is 0.